The Balaban J connectivity index is 1.48. The molecule has 2 aromatic heterocycles. The van der Waals surface area contributed by atoms with Crippen molar-refractivity contribution in [1.29, 1.82) is 0 Å². The van der Waals surface area contributed by atoms with E-state index in [-0.39, 0.29) is 0 Å². The zero-order valence-corrected chi connectivity index (χ0v) is 14.4. The van der Waals surface area contributed by atoms with Gasteiger partial charge < -0.3 is 14.0 Å². The number of aromatic nitrogens is 3. The predicted molar refractivity (Wildman–Crippen MR) is 96.0 cm³/mol. The van der Waals surface area contributed by atoms with Gasteiger partial charge in [-0.15, -0.1) is 0 Å². The molecule has 130 valence electrons. The lowest BCUT2D eigenvalue weighted by Crippen LogP contribution is -2.37. The van der Waals surface area contributed by atoms with Crippen LogP contribution in [0.1, 0.15) is 5.82 Å². The second-order valence-electron chi connectivity index (χ2n) is 6.24. The second-order valence-corrected chi connectivity index (χ2v) is 6.24. The van der Waals surface area contributed by atoms with Gasteiger partial charge >= 0.3 is 0 Å². The first-order valence-corrected chi connectivity index (χ1v) is 8.63. The van der Waals surface area contributed by atoms with Crippen molar-refractivity contribution in [1.82, 2.24) is 19.4 Å². The Morgan fingerprint density at radius 1 is 1.16 bits per heavy atom. The quantitative estimate of drug-likeness (QED) is 0.716. The number of nitrogens with zero attached hydrogens (tertiary/aromatic N) is 4. The van der Waals surface area contributed by atoms with Crippen LogP contribution in [0.5, 0.6) is 11.6 Å². The molecule has 0 radical (unpaired) electrons. The summed E-state index contributed by atoms with van der Waals surface area (Å²) >= 11 is 0. The molecule has 4 rings (SSSR count). The zero-order valence-electron chi connectivity index (χ0n) is 14.4. The molecule has 0 spiro atoms. The van der Waals surface area contributed by atoms with Crippen molar-refractivity contribution >= 4 is 10.9 Å². The summed E-state index contributed by atoms with van der Waals surface area (Å²) in [6.07, 6.45) is 4.61. The monoisotopic (exact) mass is 338 g/mol. The molecule has 0 N–H and O–H groups in total. The van der Waals surface area contributed by atoms with Crippen LogP contribution in [0, 0.1) is 0 Å². The maximum absolute atomic E-state index is 6.06. The fourth-order valence-electron chi connectivity index (χ4n) is 3.15. The van der Waals surface area contributed by atoms with Crippen molar-refractivity contribution in [3.63, 3.8) is 0 Å². The van der Waals surface area contributed by atoms with Crippen LogP contribution in [0.2, 0.25) is 0 Å². The van der Waals surface area contributed by atoms with E-state index in [4.69, 9.17) is 9.47 Å². The average Bonchev–Trinajstić information content (AvgIpc) is 3.03. The van der Waals surface area contributed by atoms with E-state index in [2.05, 4.69) is 31.6 Å². The van der Waals surface area contributed by atoms with Gasteiger partial charge in [0.2, 0.25) is 5.88 Å². The summed E-state index contributed by atoms with van der Waals surface area (Å²) in [6.45, 7) is 4.52. The van der Waals surface area contributed by atoms with Crippen LogP contribution in [-0.4, -0.2) is 52.3 Å². The van der Waals surface area contributed by atoms with Gasteiger partial charge in [-0.05, 0) is 12.1 Å². The van der Waals surface area contributed by atoms with Crippen molar-refractivity contribution in [3.8, 4) is 11.6 Å². The minimum Gasteiger partial charge on any atom is -0.437 e. The Morgan fingerprint density at radius 3 is 2.92 bits per heavy atom. The SMILES string of the molecule is Cn1ccc2cccc(Oc3ccnc(CCN4CCOCC4)n3)c21. The normalized spacial score (nSPS) is 15.6. The lowest BCUT2D eigenvalue weighted by molar-refractivity contribution is 0.0382. The van der Waals surface area contributed by atoms with E-state index in [1.54, 1.807) is 12.3 Å². The van der Waals surface area contributed by atoms with Crippen molar-refractivity contribution in [2.45, 2.75) is 6.42 Å². The first-order chi connectivity index (χ1) is 12.3. The topological polar surface area (TPSA) is 52.4 Å². The van der Waals surface area contributed by atoms with Gasteiger partial charge in [0, 0.05) is 56.9 Å². The van der Waals surface area contributed by atoms with Crippen LogP contribution in [-0.2, 0) is 18.2 Å². The maximum atomic E-state index is 6.06. The molecule has 0 atom stereocenters. The Morgan fingerprint density at radius 2 is 2.04 bits per heavy atom. The van der Waals surface area contributed by atoms with Gasteiger partial charge in [-0.25, -0.2) is 4.98 Å². The lowest BCUT2D eigenvalue weighted by atomic mass is 10.2. The Bertz CT molecular complexity index is 856. The minimum absolute atomic E-state index is 0.584. The van der Waals surface area contributed by atoms with Crippen LogP contribution in [0.3, 0.4) is 0 Å². The largest absolute Gasteiger partial charge is 0.437 e. The number of para-hydroxylation sites is 1. The van der Waals surface area contributed by atoms with Crippen LogP contribution >= 0.6 is 0 Å². The predicted octanol–water partition coefficient (Wildman–Crippen LogP) is 2.64. The highest BCUT2D eigenvalue weighted by Gasteiger charge is 2.12. The van der Waals surface area contributed by atoms with Crippen LogP contribution in [0.25, 0.3) is 10.9 Å². The van der Waals surface area contributed by atoms with Crippen molar-refractivity contribution in [2.24, 2.45) is 7.05 Å². The maximum Gasteiger partial charge on any atom is 0.222 e. The number of fused-ring (bicyclic) bond motifs is 1. The summed E-state index contributed by atoms with van der Waals surface area (Å²) < 4.78 is 13.5. The molecule has 0 amide bonds. The van der Waals surface area contributed by atoms with Gasteiger partial charge in [-0.3, -0.25) is 4.90 Å². The van der Waals surface area contributed by atoms with Gasteiger partial charge in [-0.2, -0.15) is 4.98 Å². The molecule has 0 saturated carbocycles. The van der Waals surface area contributed by atoms with E-state index in [9.17, 15) is 0 Å². The molecular weight excluding hydrogens is 316 g/mol. The van der Waals surface area contributed by atoms with Gasteiger partial charge in [0.15, 0.2) is 5.75 Å². The van der Waals surface area contributed by atoms with Gasteiger partial charge in [0.25, 0.3) is 0 Å². The van der Waals surface area contributed by atoms with E-state index in [0.717, 1.165) is 61.7 Å². The summed E-state index contributed by atoms with van der Waals surface area (Å²) in [5, 5.41) is 1.15. The number of aryl methyl sites for hydroxylation is 1. The highest BCUT2D eigenvalue weighted by Crippen LogP contribution is 2.29. The summed E-state index contributed by atoms with van der Waals surface area (Å²) in [6, 6.07) is 9.93. The molecule has 0 aliphatic carbocycles. The van der Waals surface area contributed by atoms with Gasteiger partial charge in [0.1, 0.15) is 5.82 Å². The van der Waals surface area contributed by atoms with E-state index in [1.165, 1.54) is 0 Å². The molecule has 3 heterocycles. The highest BCUT2D eigenvalue weighted by atomic mass is 16.5. The fraction of sp³-hybridized carbons (Fsp3) is 0.368. The summed E-state index contributed by atoms with van der Waals surface area (Å²) in [5.74, 6) is 2.20. The van der Waals surface area contributed by atoms with Gasteiger partial charge in [-0.1, -0.05) is 12.1 Å². The summed E-state index contributed by atoms with van der Waals surface area (Å²) in [7, 11) is 2.02. The highest BCUT2D eigenvalue weighted by molar-refractivity contribution is 5.86. The molecule has 6 nitrogen and oxygen atoms in total. The van der Waals surface area contributed by atoms with E-state index in [1.807, 2.05) is 25.4 Å². The third-order valence-electron chi connectivity index (χ3n) is 4.51. The molecule has 25 heavy (non-hydrogen) atoms. The van der Waals surface area contributed by atoms with Crippen molar-refractivity contribution < 1.29 is 9.47 Å². The zero-order chi connectivity index (χ0) is 17.1. The Kier molecular flexibility index (Phi) is 4.63. The fourth-order valence-corrected chi connectivity index (χ4v) is 3.15. The Hall–Kier alpha value is -2.44. The molecule has 1 aliphatic heterocycles. The number of hydrogen-bond acceptors (Lipinski definition) is 5. The van der Waals surface area contributed by atoms with Crippen LogP contribution < -0.4 is 4.74 Å². The standard InChI is InChI=1S/C19H22N4O2/c1-22-9-6-15-3-2-4-16(19(15)22)25-18-5-8-20-17(21-18)7-10-23-11-13-24-14-12-23/h2-6,8-9H,7,10-14H2,1H3. The van der Waals surface area contributed by atoms with Crippen molar-refractivity contribution in [2.75, 3.05) is 32.8 Å². The summed E-state index contributed by atoms with van der Waals surface area (Å²) in [5.41, 5.74) is 1.07. The molecule has 1 saturated heterocycles. The molecule has 6 heteroatoms. The molecule has 3 aromatic rings. The first kappa shape index (κ1) is 16.1. The van der Waals surface area contributed by atoms with E-state index >= 15 is 0 Å². The average molecular weight is 338 g/mol. The van der Waals surface area contributed by atoms with E-state index in [0.29, 0.717) is 5.88 Å². The molecular formula is C19H22N4O2. The smallest absolute Gasteiger partial charge is 0.222 e. The summed E-state index contributed by atoms with van der Waals surface area (Å²) in [4.78, 5) is 11.3. The molecule has 1 fully saturated rings. The number of morpholine rings is 1. The molecule has 1 aliphatic rings. The third kappa shape index (κ3) is 3.65. The molecule has 1 aromatic carbocycles. The van der Waals surface area contributed by atoms with Gasteiger partial charge in [0.05, 0.1) is 18.7 Å². The Labute approximate surface area is 147 Å². The van der Waals surface area contributed by atoms with Crippen LogP contribution in [0.15, 0.2) is 42.7 Å². The second kappa shape index (κ2) is 7.21. The number of benzene rings is 1. The molecule has 0 unspecified atom stereocenters. The minimum atomic E-state index is 0.584. The van der Waals surface area contributed by atoms with E-state index < -0.39 is 0 Å². The first-order valence-electron chi connectivity index (χ1n) is 8.63. The lowest BCUT2D eigenvalue weighted by Gasteiger charge is -2.26. The molecule has 0 bridgehead atoms. The third-order valence-corrected chi connectivity index (χ3v) is 4.51. The number of rotatable bonds is 5. The van der Waals surface area contributed by atoms with Crippen LogP contribution in [0.4, 0.5) is 0 Å². The number of hydrogen-bond donors (Lipinski definition) is 0. The van der Waals surface area contributed by atoms with Crippen molar-refractivity contribution in [3.05, 3.63) is 48.5 Å². The number of ether oxygens (including phenoxy) is 2.